The highest BCUT2D eigenvalue weighted by atomic mass is 14.6. The predicted molar refractivity (Wildman–Crippen MR) is 50.0 cm³/mol. The van der Waals surface area contributed by atoms with E-state index in [1.807, 2.05) is 12.2 Å². The van der Waals surface area contributed by atoms with Crippen LogP contribution in [0.15, 0.2) is 29.3 Å². The fourth-order valence-corrected chi connectivity index (χ4v) is 1.05. The summed E-state index contributed by atoms with van der Waals surface area (Å²) in [7, 11) is 1.78. The van der Waals surface area contributed by atoms with E-state index in [2.05, 4.69) is 17.1 Å². The molecular weight excluding hydrogens is 134 g/mol. The Kier molecular flexibility index (Phi) is 3.67. The smallest absolute Gasteiger partial charge is 0.0277 e. The zero-order valence-corrected chi connectivity index (χ0v) is 7.03. The van der Waals surface area contributed by atoms with E-state index in [1.165, 1.54) is 19.3 Å². The molecule has 0 radical (unpaired) electrons. The normalized spacial score (nSPS) is 20.5. The molecule has 0 spiro atoms. The Morgan fingerprint density at radius 1 is 1.18 bits per heavy atom. The van der Waals surface area contributed by atoms with Crippen molar-refractivity contribution in [3.05, 3.63) is 24.3 Å². The molecule has 1 fully saturated rings. The van der Waals surface area contributed by atoms with E-state index >= 15 is 0 Å². The molecule has 0 aromatic rings. The molecule has 1 heteroatoms. The van der Waals surface area contributed by atoms with Gasteiger partial charge < -0.3 is 0 Å². The van der Waals surface area contributed by atoms with Crippen LogP contribution >= 0.6 is 0 Å². The predicted octanol–water partition coefficient (Wildman–Crippen LogP) is 2.60. The molecule has 0 aromatic heterocycles. The fraction of sp³-hybridized carbons (Fsp3) is 0.500. The lowest BCUT2D eigenvalue weighted by Crippen LogP contribution is -2.06. The third kappa shape index (κ3) is 3.17. The third-order valence-corrected chi connectivity index (χ3v) is 1.99. The van der Waals surface area contributed by atoms with Crippen molar-refractivity contribution in [2.45, 2.75) is 19.3 Å². The van der Waals surface area contributed by atoms with Crippen LogP contribution in [0.2, 0.25) is 0 Å². The molecule has 0 heterocycles. The summed E-state index contributed by atoms with van der Waals surface area (Å²) < 4.78 is 0. The van der Waals surface area contributed by atoms with Crippen molar-refractivity contribution in [1.82, 2.24) is 0 Å². The molecule has 1 aliphatic carbocycles. The molecule has 0 saturated heterocycles. The van der Waals surface area contributed by atoms with Crippen molar-refractivity contribution in [3.63, 3.8) is 0 Å². The van der Waals surface area contributed by atoms with Gasteiger partial charge in [0, 0.05) is 13.3 Å². The average molecular weight is 149 g/mol. The maximum absolute atomic E-state index is 3.84. The van der Waals surface area contributed by atoms with Crippen molar-refractivity contribution in [1.29, 1.82) is 0 Å². The number of rotatable bonds is 3. The standard InChI is InChI=1S/C10H15N/c1-11-9-4-2-3-6-10-7-5-8-10/h2-4,6,9-10H,5,7-8H2,1H3/b4-2-,6-3-,11-9?. The van der Waals surface area contributed by atoms with E-state index < -0.39 is 0 Å². The number of aliphatic imine (C=N–C) groups is 1. The van der Waals surface area contributed by atoms with Crippen molar-refractivity contribution in [2.24, 2.45) is 10.9 Å². The summed E-state index contributed by atoms with van der Waals surface area (Å²) in [4.78, 5) is 3.84. The molecule has 0 amide bonds. The Labute approximate surface area is 68.5 Å². The summed E-state index contributed by atoms with van der Waals surface area (Å²) in [6.45, 7) is 0. The van der Waals surface area contributed by atoms with Crippen LogP contribution in [0.25, 0.3) is 0 Å². The molecule has 0 atom stereocenters. The molecule has 0 aliphatic heterocycles. The van der Waals surface area contributed by atoms with Crippen LogP contribution in [-0.4, -0.2) is 13.3 Å². The second-order valence-corrected chi connectivity index (χ2v) is 2.87. The van der Waals surface area contributed by atoms with Crippen LogP contribution in [0.5, 0.6) is 0 Å². The minimum absolute atomic E-state index is 0.859. The number of nitrogens with zero attached hydrogens (tertiary/aromatic N) is 1. The molecule has 1 nitrogen and oxygen atoms in total. The molecule has 11 heavy (non-hydrogen) atoms. The molecule has 60 valence electrons. The molecule has 0 unspecified atom stereocenters. The van der Waals surface area contributed by atoms with Gasteiger partial charge in [-0.25, -0.2) is 0 Å². The highest BCUT2D eigenvalue weighted by Gasteiger charge is 2.12. The summed E-state index contributed by atoms with van der Waals surface area (Å²) in [6.07, 6.45) is 14.4. The van der Waals surface area contributed by atoms with Gasteiger partial charge in [0.05, 0.1) is 0 Å². The zero-order chi connectivity index (χ0) is 7.94. The Bertz CT molecular complexity index is 173. The summed E-state index contributed by atoms with van der Waals surface area (Å²) in [5.41, 5.74) is 0. The van der Waals surface area contributed by atoms with Gasteiger partial charge in [0.15, 0.2) is 0 Å². The number of hydrogen-bond donors (Lipinski definition) is 0. The Balaban J connectivity index is 2.13. The van der Waals surface area contributed by atoms with Crippen molar-refractivity contribution < 1.29 is 0 Å². The first kappa shape index (κ1) is 8.25. The quantitative estimate of drug-likeness (QED) is 0.432. The van der Waals surface area contributed by atoms with Crippen LogP contribution in [0.3, 0.4) is 0 Å². The van der Waals surface area contributed by atoms with E-state index in [0.717, 1.165) is 5.92 Å². The maximum Gasteiger partial charge on any atom is 0.0277 e. The Morgan fingerprint density at radius 3 is 2.55 bits per heavy atom. The largest absolute Gasteiger partial charge is 0.297 e. The molecule has 1 aliphatic rings. The molecular formula is C10H15N. The van der Waals surface area contributed by atoms with Gasteiger partial charge in [-0.05, 0) is 24.8 Å². The second kappa shape index (κ2) is 4.89. The lowest BCUT2D eigenvalue weighted by atomic mass is 9.85. The van der Waals surface area contributed by atoms with Crippen molar-refractivity contribution in [2.75, 3.05) is 7.05 Å². The second-order valence-electron chi connectivity index (χ2n) is 2.87. The first-order valence-electron chi connectivity index (χ1n) is 4.19. The SMILES string of the molecule is CN=C/C=C\C=C/C1CCC1. The van der Waals surface area contributed by atoms with E-state index in [1.54, 1.807) is 13.3 Å². The number of allylic oxidation sites excluding steroid dienone is 4. The highest BCUT2D eigenvalue weighted by molar-refractivity contribution is 5.71. The first-order valence-corrected chi connectivity index (χ1v) is 4.19. The van der Waals surface area contributed by atoms with Crippen LogP contribution < -0.4 is 0 Å². The van der Waals surface area contributed by atoms with E-state index in [0.29, 0.717) is 0 Å². The molecule has 0 bridgehead atoms. The first-order chi connectivity index (χ1) is 5.43. The van der Waals surface area contributed by atoms with E-state index in [9.17, 15) is 0 Å². The monoisotopic (exact) mass is 149 g/mol. The summed E-state index contributed by atoms with van der Waals surface area (Å²) >= 11 is 0. The van der Waals surface area contributed by atoms with Gasteiger partial charge in [0.25, 0.3) is 0 Å². The zero-order valence-electron chi connectivity index (χ0n) is 7.03. The van der Waals surface area contributed by atoms with Gasteiger partial charge >= 0.3 is 0 Å². The minimum Gasteiger partial charge on any atom is -0.297 e. The molecule has 1 saturated carbocycles. The van der Waals surface area contributed by atoms with Gasteiger partial charge in [-0.3, -0.25) is 4.99 Å². The van der Waals surface area contributed by atoms with E-state index in [4.69, 9.17) is 0 Å². The van der Waals surface area contributed by atoms with Crippen LogP contribution in [0.4, 0.5) is 0 Å². The average Bonchev–Trinajstić information content (AvgIpc) is 1.93. The van der Waals surface area contributed by atoms with Gasteiger partial charge in [-0.1, -0.05) is 24.6 Å². The summed E-state index contributed by atoms with van der Waals surface area (Å²) in [5.74, 6) is 0.859. The highest BCUT2D eigenvalue weighted by Crippen LogP contribution is 2.27. The van der Waals surface area contributed by atoms with Gasteiger partial charge in [0.2, 0.25) is 0 Å². The summed E-state index contributed by atoms with van der Waals surface area (Å²) in [6, 6.07) is 0. The fourth-order valence-electron chi connectivity index (χ4n) is 1.05. The third-order valence-electron chi connectivity index (χ3n) is 1.99. The van der Waals surface area contributed by atoms with Gasteiger partial charge in [-0.2, -0.15) is 0 Å². The maximum atomic E-state index is 3.84. The molecule has 0 aromatic carbocycles. The Hall–Kier alpha value is -0.850. The van der Waals surface area contributed by atoms with Crippen molar-refractivity contribution in [3.8, 4) is 0 Å². The molecule has 1 rings (SSSR count). The Morgan fingerprint density at radius 2 is 2.00 bits per heavy atom. The lowest BCUT2D eigenvalue weighted by Gasteiger charge is -2.20. The molecule has 0 N–H and O–H groups in total. The van der Waals surface area contributed by atoms with Crippen LogP contribution in [0.1, 0.15) is 19.3 Å². The van der Waals surface area contributed by atoms with Crippen LogP contribution in [0, 0.1) is 5.92 Å². The van der Waals surface area contributed by atoms with Crippen molar-refractivity contribution >= 4 is 6.21 Å². The van der Waals surface area contributed by atoms with Gasteiger partial charge in [0.1, 0.15) is 0 Å². The van der Waals surface area contributed by atoms with Gasteiger partial charge in [-0.15, -0.1) is 0 Å². The minimum atomic E-state index is 0.859. The topological polar surface area (TPSA) is 12.4 Å². The lowest BCUT2D eigenvalue weighted by molar-refractivity contribution is 0.388. The summed E-state index contributed by atoms with van der Waals surface area (Å²) in [5, 5.41) is 0. The van der Waals surface area contributed by atoms with E-state index in [-0.39, 0.29) is 0 Å². The number of hydrogen-bond acceptors (Lipinski definition) is 1. The van der Waals surface area contributed by atoms with Crippen LogP contribution in [-0.2, 0) is 0 Å².